The Labute approximate surface area is 467 Å². The van der Waals surface area contributed by atoms with Crippen molar-refractivity contribution < 1.29 is 67.7 Å². The highest BCUT2D eigenvalue weighted by Crippen LogP contribution is 2.10. The number of aliphatic carboxylic acids is 1. The average molecular weight is 1160 g/mol. The molecule has 0 radical (unpaired) electrons. The van der Waals surface area contributed by atoms with E-state index in [1.54, 1.807) is 12.5 Å². The van der Waals surface area contributed by atoms with Crippen LogP contribution in [-0.2, 0) is 64.0 Å². The van der Waals surface area contributed by atoms with Crippen LogP contribution in [0.3, 0.4) is 0 Å². The molecule has 21 N–H and O–H groups in total. The Hall–Kier alpha value is -6.61. The van der Waals surface area contributed by atoms with Crippen molar-refractivity contribution in [3.8, 4) is 0 Å². The molecule has 30 nitrogen and oxygen atoms in total. The molecule has 0 saturated carbocycles. The molecule has 32 heteroatoms. The first-order chi connectivity index (χ1) is 37.3. The molecule has 0 aliphatic heterocycles. The Kier molecular flexibility index (Phi) is 33.9. The van der Waals surface area contributed by atoms with Crippen molar-refractivity contribution in [3.05, 3.63) is 18.2 Å². The number of aliphatic hydroxyl groups excluding tert-OH is 1. The first-order valence-electron chi connectivity index (χ1n) is 25.6. The minimum absolute atomic E-state index is 0.0132. The second kappa shape index (κ2) is 38.1. The molecule has 0 aliphatic carbocycles. The second-order valence-electron chi connectivity index (χ2n) is 18.5. The third kappa shape index (κ3) is 27.7. The highest BCUT2D eigenvalue weighted by Gasteiger charge is 2.36. The zero-order chi connectivity index (χ0) is 59.8. The minimum Gasteiger partial charge on any atom is -0.480 e. The number of carbonyl (C=O) groups excluding carboxylic acids is 11. The predicted octanol–water partition coefficient (Wildman–Crippen LogP) is -6.08. The number of unbranched alkanes of at least 4 members (excludes halogenated alkanes) is 2. The Balaban J connectivity index is 3.36. The molecule has 1 rings (SSSR count). The molecule has 0 unspecified atom stereocenters. The molecule has 0 aliphatic rings. The van der Waals surface area contributed by atoms with Gasteiger partial charge in [0.1, 0.15) is 54.4 Å². The predicted molar refractivity (Wildman–Crippen MR) is 293 cm³/mol. The molecule has 0 spiro atoms. The highest BCUT2D eigenvalue weighted by atomic mass is 32.2. The molecule has 11 atom stereocenters. The average Bonchev–Trinajstić information content (AvgIpc) is 3.91. The van der Waals surface area contributed by atoms with Gasteiger partial charge in [-0.05, 0) is 110 Å². The monoisotopic (exact) mass is 1160 g/mol. The van der Waals surface area contributed by atoms with Crippen LogP contribution in [0.1, 0.15) is 91.2 Å². The molecule has 79 heavy (non-hydrogen) atoms. The number of primary amides is 1. The number of H-pyrrole nitrogens is 1. The summed E-state index contributed by atoms with van der Waals surface area (Å²) in [5, 5.41) is 43.9. The van der Waals surface area contributed by atoms with E-state index in [9.17, 15) is 62.6 Å². The van der Waals surface area contributed by atoms with Crippen molar-refractivity contribution in [2.75, 3.05) is 43.7 Å². The number of aromatic amines is 1. The van der Waals surface area contributed by atoms with E-state index in [0.717, 1.165) is 0 Å². The highest BCUT2D eigenvalue weighted by molar-refractivity contribution is 7.98. The number of imidazole rings is 1. The number of rotatable bonds is 40. The van der Waals surface area contributed by atoms with Crippen LogP contribution < -0.4 is 76.1 Å². The molecular formula is C47H82N16O14S2. The smallest absolute Gasteiger partial charge is 0.325 e. The largest absolute Gasteiger partial charge is 0.480 e. The van der Waals surface area contributed by atoms with Gasteiger partial charge in [-0.2, -0.15) is 23.5 Å². The molecule has 1 aromatic heterocycles. The van der Waals surface area contributed by atoms with Gasteiger partial charge in [-0.25, -0.2) is 4.98 Å². The SMILES string of the molecule is CSCC[C@H](NC(=O)[C@H](Cc1cnc[nH]1)NC(=O)[C@H](CCCCN)NC(=O)[C@H](CCSC)NC(=O)[C@H](CC(N)=O)NC(=O)[C@@H](NC(=O)[C@@H](N)CCCCN)[C@@H](C)O)C(=O)N[C@@H](C)C(=O)NCC(=O)N[C@@H](C)C(=O)N[C@@H](C)C(=O)O. The van der Waals surface area contributed by atoms with Crippen LogP contribution in [0, 0.1) is 0 Å². The lowest BCUT2D eigenvalue weighted by molar-refractivity contribution is -0.141. The van der Waals surface area contributed by atoms with E-state index in [1.165, 1.54) is 63.7 Å². The fourth-order valence-corrected chi connectivity index (χ4v) is 8.06. The van der Waals surface area contributed by atoms with E-state index in [-0.39, 0.29) is 44.4 Å². The summed E-state index contributed by atoms with van der Waals surface area (Å²) in [6.07, 6.45) is 5.80. The van der Waals surface area contributed by atoms with E-state index >= 15 is 0 Å². The van der Waals surface area contributed by atoms with E-state index in [1.807, 2.05) is 0 Å². The minimum atomic E-state index is -1.72. The van der Waals surface area contributed by atoms with Crippen molar-refractivity contribution >= 4 is 94.5 Å². The van der Waals surface area contributed by atoms with Gasteiger partial charge < -0.3 is 91.3 Å². The summed E-state index contributed by atoms with van der Waals surface area (Å²) in [7, 11) is 0. The van der Waals surface area contributed by atoms with Crippen LogP contribution in [0.2, 0.25) is 0 Å². The molecule has 0 saturated heterocycles. The van der Waals surface area contributed by atoms with Gasteiger partial charge in [0.15, 0.2) is 0 Å². The Morgan fingerprint density at radius 2 is 1.04 bits per heavy atom. The lowest BCUT2D eigenvalue weighted by Crippen LogP contribution is -2.61. The third-order valence-electron chi connectivity index (χ3n) is 11.8. The van der Waals surface area contributed by atoms with E-state index in [4.69, 9.17) is 28.0 Å². The third-order valence-corrected chi connectivity index (χ3v) is 13.0. The van der Waals surface area contributed by atoms with Crippen LogP contribution in [-0.4, -0.2) is 201 Å². The number of aromatic nitrogens is 2. The number of nitrogens with zero attached hydrogens (tertiary/aromatic N) is 1. The summed E-state index contributed by atoms with van der Waals surface area (Å²) in [5.41, 5.74) is 23.1. The van der Waals surface area contributed by atoms with Crippen molar-refractivity contribution in [1.29, 1.82) is 0 Å². The number of aliphatic hydroxyl groups is 1. The van der Waals surface area contributed by atoms with Gasteiger partial charge in [0.05, 0.1) is 31.4 Å². The zero-order valence-corrected chi connectivity index (χ0v) is 47.1. The van der Waals surface area contributed by atoms with Crippen molar-refractivity contribution in [2.24, 2.45) is 22.9 Å². The Morgan fingerprint density at radius 3 is 1.53 bits per heavy atom. The first-order valence-corrected chi connectivity index (χ1v) is 28.4. The summed E-state index contributed by atoms with van der Waals surface area (Å²) in [6, 6.07) is -13.5. The summed E-state index contributed by atoms with van der Waals surface area (Å²) in [5.74, 6) is -10.4. The van der Waals surface area contributed by atoms with Gasteiger partial charge in [0.2, 0.25) is 65.0 Å². The molecule has 0 aromatic carbocycles. The topological polar surface area (TPSA) is 498 Å². The maximum absolute atomic E-state index is 14.3. The lowest BCUT2D eigenvalue weighted by Gasteiger charge is -2.28. The number of carbonyl (C=O) groups is 12. The van der Waals surface area contributed by atoms with Crippen LogP contribution in [0.4, 0.5) is 0 Å². The number of carboxylic acids is 1. The standard InChI is InChI=1S/C47H82N16O14S2/c1-24(38(67)53-22-36(66)55-25(2)39(68)57-26(3)47(76)77)56-41(70)31(13-17-78-5)59-44(73)33(19-28-21-52-23-54-28)61-42(71)30(12-8-10-16-49)58-43(72)32(14-18-79-6)60-45(74)34(20-35(51)65)62-46(75)37(27(4)64)63-40(69)29(50)11-7-9-15-48/h21,23-27,29-34,37,64H,7-20,22,48-50H2,1-6H3,(H2,51,65)(H,52,54)(H,53,67)(H,55,66)(H,56,70)(H,57,68)(H,58,72)(H,59,73)(H,60,74)(H,61,71)(H,62,75)(H,63,69)(H,76,77)/t24-,25-,26-,27+,29-,30-,31-,32-,33-,34-,37-/m0/s1. The molecule has 1 aromatic rings. The molecule has 1 heterocycles. The number of hydrogen-bond acceptors (Lipinski definition) is 19. The molecular weight excluding hydrogens is 1080 g/mol. The van der Waals surface area contributed by atoms with E-state index < -0.39 is 150 Å². The number of nitrogens with one attached hydrogen (secondary N) is 11. The first kappa shape index (κ1) is 70.4. The number of nitrogens with two attached hydrogens (primary N) is 4. The Bertz CT molecular complexity index is 2180. The fourth-order valence-electron chi connectivity index (χ4n) is 7.12. The molecule has 446 valence electrons. The summed E-state index contributed by atoms with van der Waals surface area (Å²) in [4.78, 5) is 164. The Morgan fingerprint density at radius 1 is 0.570 bits per heavy atom. The fraction of sp³-hybridized carbons (Fsp3) is 0.681. The quantitative estimate of drug-likeness (QED) is 0.0272. The van der Waals surface area contributed by atoms with E-state index in [2.05, 4.69) is 63.1 Å². The van der Waals surface area contributed by atoms with Crippen LogP contribution in [0.5, 0.6) is 0 Å². The molecule has 0 fully saturated rings. The summed E-state index contributed by atoms with van der Waals surface area (Å²) >= 11 is 2.66. The normalized spacial score (nSPS) is 15.2. The zero-order valence-electron chi connectivity index (χ0n) is 45.5. The van der Waals surface area contributed by atoms with Gasteiger partial charge >= 0.3 is 5.97 Å². The van der Waals surface area contributed by atoms with Gasteiger partial charge in [-0.3, -0.25) is 57.5 Å². The van der Waals surface area contributed by atoms with Crippen molar-refractivity contribution in [1.82, 2.24) is 63.1 Å². The van der Waals surface area contributed by atoms with Gasteiger partial charge in [0, 0.05) is 18.3 Å². The van der Waals surface area contributed by atoms with Gasteiger partial charge in [-0.15, -0.1) is 0 Å². The lowest BCUT2D eigenvalue weighted by atomic mass is 10.0. The van der Waals surface area contributed by atoms with Gasteiger partial charge in [-0.1, -0.05) is 6.42 Å². The van der Waals surface area contributed by atoms with Gasteiger partial charge in [0.25, 0.3) is 0 Å². The van der Waals surface area contributed by atoms with Crippen molar-refractivity contribution in [3.63, 3.8) is 0 Å². The summed E-state index contributed by atoms with van der Waals surface area (Å²) in [6.45, 7) is 5.04. The number of amides is 11. The number of hydrogen-bond donors (Lipinski definition) is 17. The molecule has 0 bridgehead atoms. The second-order valence-corrected chi connectivity index (χ2v) is 20.5. The maximum atomic E-state index is 14.3. The van der Waals surface area contributed by atoms with E-state index in [0.29, 0.717) is 43.7 Å². The van der Waals surface area contributed by atoms with Crippen LogP contribution in [0.25, 0.3) is 0 Å². The van der Waals surface area contributed by atoms with Crippen molar-refractivity contribution in [2.45, 2.75) is 158 Å². The summed E-state index contributed by atoms with van der Waals surface area (Å²) < 4.78 is 0. The van der Waals surface area contributed by atoms with Crippen LogP contribution in [0.15, 0.2) is 12.5 Å². The maximum Gasteiger partial charge on any atom is 0.325 e. The van der Waals surface area contributed by atoms with Crippen LogP contribution >= 0.6 is 23.5 Å². The number of thioether (sulfide) groups is 2. The molecule has 11 amide bonds. The number of carboxylic acid groups (broad SMARTS) is 1.